The minimum Gasteiger partial charge on any atom is -0.480 e. The molecular weight excluding hydrogens is 292 g/mol. The highest BCUT2D eigenvalue weighted by atomic mass is 16.5. The summed E-state index contributed by atoms with van der Waals surface area (Å²) in [5, 5.41) is 11.2. The predicted molar refractivity (Wildman–Crippen MR) is 75.7 cm³/mol. The Hall–Kier alpha value is -2.42. The molecule has 1 aromatic heterocycles. The zero-order valence-electron chi connectivity index (χ0n) is 12.2. The SMILES string of the molecule is COC(=O)C(CNC(=O)CCC(N)C(=O)O)Cc1cnc[nH]1. The number of aromatic nitrogens is 2. The van der Waals surface area contributed by atoms with Crippen molar-refractivity contribution in [3.63, 3.8) is 0 Å². The second kappa shape index (κ2) is 8.78. The molecule has 0 aliphatic heterocycles. The van der Waals surface area contributed by atoms with Crippen molar-refractivity contribution in [2.45, 2.75) is 25.3 Å². The van der Waals surface area contributed by atoms with Gasteiger partial charge in [-0.15, -0.1) is 0 Å². The van der Waals surface area contributed by atoms with Crippen LogP contribution in [0, 0.1) is 5.92 Å². The second-order valence-corrected chi connectivity index (χ2v) is 4.79. The van der Waals surface area contributed by atoms with Gasteiger partial charge in [0.15, 0.2) is 0 Å². The van der Waals surface area contributed by atoms with Gasteiger partial charge in [-0.3, -0.25) is 14.4 Å². The van der Waals surface area contributed by atoms with Crippen LogP contribution in [0.5, 0.6) is 0 Å². The molecule has 1 rings (SSSR count). The Morgan fingerprint density at radius 2 is 2.23 bits per heavy atom. The van der Waals surface area contributed by atoms with E-state index in [4.69, 9.17) is 15.6 Å². The first-order valence-corrected chi connectivity index (χ1v) is 6.74. The summed E-state index contributed by atoms with van der Waals surface area (Å²) in [6.07, 6.45) is 3.44. The third-order valence-electron chi connectivity index (χ3n) is 3.10. The minimum atomic E-state index is -1.15. The van der Waals surface area contributed by atoms with Crippen molar-refractivity contribution in [3.05, 3.63) is 18.2 Å². The van der Waals surface area contributed by atoms with Crippen LogP contribution in [0.1, 0.15) is 18.5 Å². The van der Waals surface area contributed by atoms with Gasteiger partial charge < -0.3 is 25.9 Å². The summed E-state index contributed by atoms with van der Waals surface area (Å²) in [6.45, 7) is 0.0901. The number of carbonyl (C=O) groups is 3. The van der Waals surface area contributed by atoms with Gasteiger partial charge in [0.05, 0.1) is 19.4 Å². The number of carbonyl (C=O) groups excluding carboxylic acids is 2. The van der Waals surface area contributed by atoms with Crippen molar-refractivity contribution in [3.8, 4) is 0 Å². The molecule has 1 heterocycles. The summed E-state index contributed by atoms with van der Waals surface area (Å²) in [5.74, 6) is -2.52. The maximum absolute atomic E-state index is 11.7. The van der Waals surface area contributed by atoms with E-state index in [-0.39, 0.29) is 25.3 Å². The van der Waals surface area contributed by atoms with Gasteiger partial charge in [0, 0.05) is 31.3 Å². The van der Waals surface area contributed by atoms with E-state index in [0.717, 1.165) is 5.69 Å². The smallest absolute Gasteiger partial charge is 0.320 e. The Kier molecular flexibility index (Phi) is 7.03. The third kappa shape index (κ3) is 5.92. The zero-order chi connectivity index (χ0) is 16.5. The lowest BCUT2D eigenvalue weighted by Crippen LogP contribution is -2.36. The fraction of sp³-hybridized carbons (Fsp3) is 0.538. The first kappa shape index (κ1) is 17.6. The summed E-state index contributed by atoms with van der Waals surface area (Å²) in [7, 11) is 1.27. The number of imidazole rings is 1. The fourth-order valence-corrected chi connectivity index (χ4v) is 1.80. The van der Waals surface area contributed by atoms with Crippen LogP contribution in [0.3, 0.4) is 0 Å². The van der Waals surface area contributed by atoms with E-state index in [1.54, 1.807) is 6.20 Å². The van der Waals surface area contributed by atoms with Crippen molar-refractivity contribution in [1.82, 2.24) is 15.3 Å². The summed E-state index contributed by atoms with van der Waals surface area (Å²) >= 11 is 0. The van der Waals surface area contributed by atoms with Crippen LogP contribution in [-0.4, -0.2) is 52.6 Å². The number of nitrogens with one attached hydrogen (secondary N) is 2. The molecule has 5 N–H and O–H groups in total. The quantitative estimate of drug-likeness (QED) is 0.430. The number of methoxy groups -OCH3 is 1. The van der Waals surface area contributed by atoms with Gasteiger partial charge in [0.2, 0.25) is 5.91 Å². The van der Waals surface area contributed by atoms with Crippen LogP contribution in [0.2, 0.25) is 0 Å². The summed E-state index contributed by atoms with van der Waals surface area (Å²) in [6, 6.07) is -1.08. The van der Waals surface area contributed by atoms with Crippen molar-refractivity contribution in [1.29, 1.82) is 0 Å². The molecule has 0 aromatic carbocycles. The highest BCUT2D eigenvalue weighted by molar-refractivity contribution is 5.79. The Morgan fingerprint density at radius 3 is 2.77 bits per heavy atom. The van der Waals surface area contributed by atoms with Gasteiger partial charge in [-0.2, -0.15) is 0 Å². The lowest BCUT2D eigenvalue weighted by atomic mass is 10.0. The highest BCUT2D eigenvalue weighted by Gasteiger charge is 2.21. The number of nitrogens with two attached hydrogens (primary N) is 1. The van der Waals surface area contributed by atoms with Crippen LogP contribution in [0.4, 0.5) is 0 Å². The molecule has 0 aliphatic rings. The largest absolute Gasteiger partial charge is 0.480 e. The van der Waals surface area contributed by atoms with Crippen molar-refractivity contribution in [2.75, 3.05) is 13.7 Å². The number of hydrogen-bond donors (Lipinski definition) is 4. The molecule has 0 saturated carbocycles. The Morgan fingerprint density at radius 1 is 1.50 bits per heavy atom. The average molecular weight is 312 g/mol. The van der Waals surface area contributed by atoms with Crippen molar-refractivity contribution >= 4 is 17.8 Å². The van der Waals surface area contributed by atoms with Crippen LogP contribution in [0.15, 0.2) is 12.5 Å². The van der Waals surface area contributed by atoms with Crippen LogP contribution in [-0.2, 0) is 25.5 Å². The topological polar surface area (TPSA) is 147 Å². The van der Waals surface area contributed by atoms with E-state index in [9.17, 15) is 14.4 Å². The molecule has 0 radical (unpaired) electrons. The summed E-state index contributed by atoms with van der Waals surface area (Å²) < 4.78 is 4.70. The summed E-state index contributed by atoms with van der Waals surface area (Å²) in [4.78, 5) is 40.6. The maximum atomic E-state index is 11.7. The Balaban J connectivity index is 2.44. The molecule has 2 atom stereocenters. The van der Waals surface area contributed by atoms with Crippen molar-refractivity contribution in [2.24, 2.45) is 11.7 Å². The molecule has 0 spiro atoms. The zero-order valence-corrected chi connectivity index (χ0v) is 12.2. The number of nitrogens with zero attached hydrogens (tertiary/aromatic N) is 1. The normalized spacial score (nSPS) is 13.2. The number of carboxylic acid groups (broad SMARTS) is 1. The molecule has 2 unspecified atom stereocenters. The number of H-pyrrole nitrogens is 1. The number of aliphatic carboxylic acids is 1. The Labute approximate surface area is 127 Å². The first-order valence-electron chi connectivity index (χ1n) is 6.74. The predicted octanol–water partition coefficient (Wildman–Crippen LogP) is -0.950. The van der Waals surface area contributed by atoms with E-state index in [1.165, 1.54) is 13.4 Å². The number of ether oxygens (including phenoxy) is 1. The lowest BCUT2D eigenvalue weighted by Gasteiger charge is -2.15. The van der Waals surface area contributed by atoms with Gasteiger partial charge in [-0.1, -0.05) is 0 Å². The molecule has 9 heteroatoms. The molecule has 1 amide bonds. The molecular formula is C13H20N4O5. The molecule has 0 aliphatic carbocycles. The fourth-order valence-electron chi connectivity index (χ4n) is 1.80. The third-order valence-corrected chi connectivity index (χ3v) is 3.10. The van der Waals surface area contributed by atoms with E-state index in [2.05, 4.69) is 15.3 Å². The number of hydrogen-bond acceptors (Lipinski definition) is 6. The van der Waals surface area contributed by atoms with Gasteiger partial charge in [-0.05, 0) is 6.42 Å². The molecule has 122 valence electrons. The molecule has 0 fully saturated rings. The van der Waals surface area contributed by atoms with E-state index in [0.29, 0.717) is 6.42 Å². The van der Waals surface area contributed by atoms with Crippen LogP contribution < -0.4 is 11.1 Å². The Bertz CT molecular complexity index is 503. The van der Waals surface area contributed by atoms with Gasteiger partial charge >= 0.3 is 11.9 Å². The second-order valence-electron chi connectivity index (χ2n) is 4.79. The van der Waals surface area contributed by atoms with Crippen LogP contribution in [0.25, 0.3) is 0 Å². The number of aromatic amines is 1. The number of rotatable bonds is 9. The van der Waals surface area contributed by atoms with Gasteiger partial charge in [0.1, 0.15) is 6.04 Å². The highest BCUT2D eigenvalue weighted by Crippen LogP contribution is 2.07. The molecule has 0 bridgehead atoms. The number of esters is 1. The summed E-state index contributed by atoms with van der Waals surface area (Å²) in [5.41, 5.74) is 6.06. The van der Waals surface area contributed by atoms with E-state index >= 15 is 0 Å². The standard InChI is InChI=1S/C13H20N4O5/c1-22-13(21)8(4-9-6-15-7-17-9)5-16-11(18)3-2-10(14)12(19)20/h6-8,10H,2-5,14H2,1H3,(H,15,17)(H,16,18)(H,19,20). The number of carboxylic acids is 1. The van der Waals surface area contributed by atoms with Gasteiger partial charge in [0.25, 0.3) is 0 Å². The number of amides is 1. The molecule has 0 saturated heterocycles. The van der Waals surface area contributed by atoms with E-state index < -0.39 is 23.9 Å². The average Bonchev–Trinajstić information content (AvgIpc) is 3.00. The monoisotopic (exact) mass is 312 g/mol. The van der Waals surface area contributed by atoms with Gasteiger partial charge in [-0.25, -0.2) is 4.98 Å². The maximum Gasteiger partial charge on any atom is 0.320 e. The van der Waals surface area contributed by atoms with Crippen LogP contribution >= 0.6 is 0 Å². The lowest BCUT2D eigenvalue weighted by molar-refractivity contribution is -0.145. The molecule has 9 nitrogen and oxygen atoms in total. The minimum absolute atomic E-state index is 0.0224. The molecule has 1 aromatic rings. The molecule has 22 heavy (non-hydrogen) atoms. The van der Waals surface area contributed by atoms with Crippen molar-refractivity contribution < 1.29 is 24.2 Å². The first-order chi connectivity index (χ1) is 10.4. The van der Waals surface area contributed by atoms with E-state index in [1.807, 2.05) is 0 Å².